The van der Waals surface area contributed by atoms with Gasteiger partial charge in [0, 0.05) is 30.8 Å². The van der Waals surface area contributed by atoms with Gasteiger partial charge in [0.2, 0.25) is 0 Å². The van der Waals surface area contributed by atoms with Crippen molar-refractivity contribution in [2.24, 2.45) is 7.05 Å². The maximum absolute atomic E-state index is 12.4. The van der Waals surface area contributed by atoms with Crippen molar-refractivity contribution in [2.45, 2.75) is 32.1 Å². The van der Waals surface area contributed by atoms with Crippen molar-refractivity contribution in [2.75, 3.05) is 13.1 Å². The molecule has 1 aliphatic rings. The van der Waals surface area contributed by atoms with E-state index in [2.05, 4.69) is 15.9 Å². The van der Waals surface area contributed by atoms with E-state index in [0.29, 0.717) is 0 Å². The van der Waals surface area contributed by atoms with Crippen LogP contribution in [0.1, 0.15) is 42.6 Å². The normalized spacial score (nSPS) is 17.6. The van der Waals surface area contributed by atoms with Crippen LogP contribution >= 0.6 is 15.9 Å². The van der Waals surface area contributed by atoms with E-state index in [-0.39, 0.29) is 5.91 Å². The third kappa shape index (κ3) is 3.12. The Morgan fingerprint density at radius 1 is 1.18 bits per heavy atom. The highest BCUT2D eigenvalue weighted by molar-refractivity contribution is 9.10. The molecular formula is C13H19BrN2O. The summed E-state index contributed by atoms with van der Waals surface area (Å²) in [5, 5.41) is 0. The van der Waals surface area contributed by atoms with Crippen LogP contribution in [0.2, 0.25) is 0 Å². The number of halogens is 1. The predicted molar refractivity (Wildman–Crippen MR) is 72.1 cm³/mol. The summed E-state index contributed by atoms with van der Waals surface area (Å²) in [5.74, 6) is 0.167. The van der Waals surface area contributed by atoms with E-state index in [1.165, 1.54) is 19.3 Å². The molecule has 1 aromatic rings. The van der Waals surface area contributed by atoms with Gasteiger partial charge in [0.1, 0.15) is 5.69 Å². The van der Waals surface area contributed by atoms with Gasteiger partial charge in [-0.1, -0.05) is 19.3 Å². The highest BCUT2D eigenvalue weighted by Crippen LogP contribution is 2.17. The van der Waals surface area contributed by atoms with Crippen molar-refractivity contribution in [3.8, 4) is 0 Å². The summed E-state index contributed by atoms with van der Waals surface area (Å²) in [4.78, 5) is 14.4. The van der Waals surface area contributed by atoms with Crippen molar-refractivity contribution >= 4 is 21.8 Å². The third-order valence-electron chi connectivity index (χ3n) is 3.33. The molecule has 1 aliphatic heterocycles. The van der Waals surface area contributed by atoms with Crippen LogP contribution in [0.5, 0.6) is 0 Å². The van der Waals surface area contributed by atoms with Crippen LogP contribution in [0.3, 0.4) is 0 Å². The van der Waals surface area contributed by atoms with Gasteiger partial charge in [-0.05, 0) is 34.8 Å². The first-order chi connectivity index (χ1) is 8.18. The van der Waals surface area contributed by atoms with Gasteiger partial charge >= 0.3 is 0 Å². The monoisotopic (exact) mass is 298 g/mol. The number of carbonyl (C=O) groups is 1. The first-order valence-corrected chi connectivity index (χ1v) is 7.09. The van der Waals surface area contributed by atoms with Gasteiger partial charge in [-0.3, -0.25) is 4.79 Å². The van der Waals surface area contributed by atoms with E-state index in [0.717, 1.165) is 36.1 Å². The third-order valence-corrected chi connectivity index (χ3v) is 3.77. The molecule has 0 spiro atoms. The quantitative estimate of drug-likeness (QED) is 0.782. The molecule has 0 aromatic carbocycles. The lowest BCUT2D eigenvalue weighted by atomic mass is 10.1. The molecule has 2 rings (SSSR count). The van der Waals surface area contributed by atoms with E-state index in [9.17, 15) is 4.79 Å². The van der Waals surface area contributed by atoms with E-state index in [1.807, 2.05) is 28.8 Å². The Hall–Kier alpha value is -0.770. The molecule has 0 bridgehead atoms. The Morgan fingerprint density at radius 2 is 1.76 bits per heavy atom. The molecule has 0 saturated carbocycles. The lowest BCUT2D eigenvalue weighted by Gasteiger charge is -2.24. The summed E-state index contributed by atoms with van der Waals surface area (Å²) in [6.45, 7) is 1.81. The van der Waals surface area contributed by atoms with Crippen LogP contribution in [0.15, 0.2) is 16.7 Å². The SMILES string of the molecule is Cn1cc(Br)cc1C(=O)N1CCCCCCC1. The molecule has 0 unspecified atom stereocenters. The number of likely N-dealkylation sites (tertiary alicyclic amines) is 1. The predicted octanol–water partition coefficient (Wildman–Crippen LogP) is 3.19. The highest BCUT2D eigenvalue weighted by Gasteiger charge is 2.19. The van der Waals surface area contributed by atoms with Crippen molar-refractivity contribution in [1.82, 2.24) is 9.47 Å². The van der Waals surface area contributed by atoms with Crippen LogP contribution in [0.25, 0.3) is 0 Å². The largest absolute Gasteiger partial charge is 0.345 e. The molecule has 0 aliphatic carbocycles. The average molecular weight is 299 g/mol. The zero-order valence-corrected chi connectivity index (χ0v) is 11.9. The first kappa shape index (κ1) is 12.7. The number of nitrogens with zero attached hydrogens (tertiary/aromatic N) is 2. The number of carbonyl (C=O) groups excluding carboxylic acids is 1. The molecule has 3 nitrogen and oxygen atoms in total. The molecule has 0 atom stereocenters. The number of amides is 1. The Labute approximate surface area is 111 Å². The summed E-state index contributed by atoms with van der Waals surface area (Å²) in [6.07, 6.45) is 8.02. The van der Waals surface area contributed by atoms with Crippen LogP contribution in [0, 0.1) is 0 Å². The van der Waals surface area contributed by atoms with Gasteiger partial charge < -0.3 is 9.47 Å². The fourth-order valence-electron chi connectivity index (χ4n) is 2.35. The van der Waals surface area contributed by atoms with E-state index < -0.39 is 0 Å². The topological polar surface area (TPSA) is 25.2 Å². The number of rotatable bonds is 1. The standard InChI is InChI=1S/C13H19BrN2O/c1-15-10-11(14)9-12(15)13(17)16-7-5-3-2-4-6-8-16/h9-10H,2-8H2,1H3. The van der Waals surface area contributed by atoms with Gasteiger partial charge in [0.15, 0.2) is 0 Å². The summed E-state index contributed by atoms with van der Waals surface area (Å²) in [5.41, 5.74) is 0.775. The molecule has 1 fully saturated rings. The lowest BCUT2D eigenvalue weighted by Crippen LogP contribution is -2.34. The summed E-state index contributed by atoms with van der Waals surface area (Å²) in [6, 6.07) is 1.90. The second-order valence-electron chi connectivity index (χ2n) is 4.71. The van der Waals surface area contributed by atoms with Crippen LogP contribution in [-0.4, -0.2) is 28.5 Å². The Morgan fingerprint density at radius 3 is 2.29 bits per heavy atom. The van der Waals surface area contributed by atoms with Crippen LogP contribution in [0.4, 0.5) is 0 Å². The van der Waals surface area contributed by atoms with E-state index in [4.69, 9.17) is 0 Å². The van der Waals surface area contributed by atoms with Crippen molar-refractivity contribution in [3.05, 3.63) is 22.4 Å². The average Bonchev–Trinajstić information content (AvgIpc) is 2.56. The molecule has 0 radical (unpaired) electrons. The van der Waals surface area contributed by atoms with Crippen molar-refractivity contribution in [1.29, 1.82) is 0 Å². The minimum Gasteiger partial charge on any atom is -0.345 e. The van der Waals surface area contributed by atoms with Gasteiger partial charge in [0.05, 0.1) is 0 Å². The van der Waals surface area contributed by atoms with Gasteiger partial charge in [-0.15, -0.1) is 0 Å². The molecule has 2 heterocycles. The molecular weight excluding hydrogens is 280 g/mol. The minimum atomic E-state index is 0.167. The van der Waals surface area contributed by atoms with Gasteiger partial charge in [0.25, 0.3) is 5.91 Å². The van der Waals surface area contributed by atoms with Crippen LogP contribution < -0.4 is 0 Å². The van der Waals surface area contributed by atoms with E-state index >= 15 is 0 Å². The molecule has 1 amide bonds. The number of aryl methyl sites for hydroxylation is 1. The molecule has 94 valence electrons. The number of hydrogen-bond donors (Lipinski definition) is 0. The fraction of sp³-hybridized carbons (Fsp3) is 0.615. The van der Waals surface area contributed by atoms with Gasteiger partial charge in [-0.2, -0.15) is 0 Å². The Kier molecular flexibility index (Phi) is 4.26. The lowest BCUT2D eigenvalue weighted by molar-refractivity contribution is 0.0733. The first-order valence-electron chi connectivity index (χ1n) is 6.29. The van der Waals surface area contributed by atoms with Crippen molar-refractivity contribution in [3.63, 3.8) is 0 Å². The summed E-state index contributed by atoms with van der Waals surface area (Å²) < 4.78 is 2.86. The zero-order valence-electron chi connectivity index (χ0n) is 10.3. The minimum absolute atomic E-state index is 0.167. The van der Waals surface area contributed by atoms with Crippen molar-refractivity contribution < 1.29 is 4.79 Å². The summed E-state index contributed by atoms with van der Waals surface area (Å²) in [7, 11) is 1.92. The van der Waals surface area contributed by atoms with Gasteiger partial charge in [-0.25, -0.2) is 0 Å². The van der Waals surface area contributed by atoms with E-state index in [1.54, 1.807) is 0 Å². The summed E-state index contributed by atoms with van der Waals surface area (Å²) >= 11 is 3.41. The molecule has 1 saturated heterocycles. The second-order valence-corrected chi connectivity index (χ2v) is 5.63. The zero-order chi connectivity index (χ0) is 12.3. The highest BCUT2D eigenvalue weighted by atomic mass is 79.9. The Balaban J connectivity index is 2.09. The Bertz CT molecular complexity index is 392. The molecule has 4 heteroatoms. The maximum Gasteiger partial charge on any atom is 0.270 e. The fourth-order valence-corrected chi connectivity index (χ4v) is 2.87. The molecule has 1 aromatic heterocycles. The number of hydrogen-bond acceptors (Lipinski definition) is 1. The number of aromatic nitrogens is 1. The van der Waals surface area contributed by atoms with Crippen LogP contribution in [-0.2, 0) is 7.05 Å². The second kappa shape index (κ2) is 5.71. The molecule has 0 N–H and O–H groups in total. The molecule has 17 heavy (non-hydrogen) atoms. The smallest absolute Gasteiger partial charge is 0.270 e. The maximum atomic E-state index is 12.4.